The molecule has 0 saturated carbocycles. The molecule has 0 unspecified atom stereocenters. The molecule has 0 bridgehead atoms. The predicted octanol–water partition coefficient (Wildman–Crippen LogP) is 3.58. The van der Waals surface area contributed by atoms with Crippen LogP contribution in [0.4, 0.5) is 0 Å². The number of nitrogens with zero attached hydrogens (tertiary/aromatic N) is 4. The van der Waals surface area contributed by atoms with Crippen molar-refractivity contribution in [2.45, 2.75) is 24.4 Å². The monoisotopic (exact) mass is 497 g/mol. The van der Waals surface area contributed by atoms with Gasteiger partial charge in [0.1, 0.15) is 5.82 Å². The highest BCUT2D eigenvalue weighted by Crippen LogP contribution is 2.28. The molecule has 0 amide bonds. The third kappa shape index (κ3) is 3.92. The van der Waals surface area contributed by atoms with Crippen LogP contribution in [0.25, 0.3) is 22.3 Å². The van der Waals surface area contributed by atoms with E-state index in [0.717, 1.165) is 22.2 Å². The quantitative estimate of drug-likeness (QED) is 0.398. The Balaban J connectivity index is 1.32. The number of pyridine rings is 1. The van der Waals surface area contributed by atoms with Gasteiger partial charge in [-0.05, 0) is 35.9 Å². The number of rotatable bonds is 5. The second-order valence-electron chi connectivity index (χ2n) is 8.82. The molecule has 0 atom stereocenters. The molecule has 0 radical (unpaired) electrons. The summed E-state index contributed by atoms with van der Waals surface area (Å²) in [7, 11) is -3.74. The number of hydrogen-bond acceptors (Lipinski definition) is 6. The molecule has 5 aromatic rings. The lowest BCUT2D eigenvalue weighted by Crippen LogP contribution is -2.35. The zero-order chi connectivity index (χ0) is 24.7. The number of para-hydroxylation sites is 1. The van der Waals surface area contributed by atoms with E-state index in [1.165, 1.54) is 3.97 Å². The molecule has 36 heavy (non-hydrogen) atoms. The van der Waals surface area contributed by atoms with Crippen molar-refractivity contribution >= 4 is 20.9 Å². The lowest BCUT2D eigenvalue weighted by molar-refractivity contribution is 0.242. The number of aromatic amines is 1. The molecule has 6 rings (SSSR count). The van der Waals surface area contributed by atoms with Crippen LogP contribution in [-0.2, 0) is 29.5 Å². The maximum absolute atomic E-state index is 13.4. The summed E-state index contributed by atoms with van der Waals surface area (Å²) in [5, 5.41) is 0.878. The fraction of sp³-hybridized carbons (Fsp3) is 0.148. The van der Waals surface area contributed by atoms with Gasteiger partial charge < -0.3 is 4.98 Å². The average Bonchev–Trinajstić information content (AvgIpc) is 3.29. The molecule has 0 saturated heterocycles. The Kier molecular flexibility index (Phi) is 5.50. The van der Waals surface area contributed by atoms with Gasteiger partial charge in [-0.2, -0.15) is 0 Å². The van der Waals surface area contributed by atoms with Crippen LogP contribution in [0.2, 0.25) is 0 Å². The van der Waals surface area contributed by atoms with Gasteiger partial charge >= 0.3 is 0 Å². The molecule has 1 aliphatic rings. The van der Waals surface area contributed by atoms with E-state index in [-0.39, 0.29) is 10.5 Å². The number of nitrogens with one attached hydrogen (secondary N) is 1. The summed E-state index contributed by atoms with van der Waals surface area (Å²) in [6.45, 7) is 1.67. The highest BCUT2D eigenvalue weighted by Gasteiger charge is 2.25. The molecule has 1 aliphatic heterocycles. The summed E-state index contributed by atoms with van der Waals surface area (Å²) in [6, 6.07) is 19.6. The van der Waals surface area contributed by atoms with Gasteiger partial charge in [0.15, 0.2) is 0 Å². The van der Waals surface area contributed by atoms with Crippen LogP contribution < -0.4 is 5.56 Å². The molecule has 4 heterocycles. The van der Waals surface area contributed by atoms with Crippen LogP contribution in [0, 0.1) is 0 Å². The topological polar surface area (TPSA) is 101 Å². The Bertz CT molecular complexity index is 1730. The van der Waals surface area contributed by atoms with E-state index < -0.39 is 10.0 Å². The molecular weight excluding hydrogens is 474 g/mol. The van der Waals surface area contributed by atoms with Crippen molar-refractivity contribution in [2.75, 3.05) is 6.54 Å². The number of fused-ring (bicyclic) bond motifs is 2. The summed E-state index contributed by atoms with van der Waals surface area (Å²) in [6.07, 6.45) is 5.69. The first-order chi connectivity index (χ1) is 17.5. The SMILES string of the molecule is O=c1[nH]c(-c2ccncc2)nc2c1CN(Cc1cn(S(=O)(=O)c3ccccc3)c3ccccc13)CC2. The molecule has 3 aromatic heterocycles. The van der Waals surface area contributed by atoms with Crippen LogP contribution >= 0.6 is 0 Å². The van der Waals surface area contributed by atoms with Gasteiger partial charge in [-0.25, -0.2) is 17.4 Å². The van der Waals surface area contributed by atoms with Gasteiger partial charge in [-0.3, -0.25) is 14.7 Å². The lowest BCUT2D eigenvalue weighted by Gasteiger charge is -2.27. The van der Waals surface area contributed by atoms with E-state index in [0.29, 0.717) is 43.0 Å². The van der Waals surface area contributed by atoms with Gasteiger partial charge in [0.25, 0.3) is 15.6 Å². The van der Waals surface area contributed by atoms with Gasteiger partial charge in [-0.1, -0.05) is 36.4 Å². The Labute approximate surface area is 207 Å². The van der Waals surface area contributed by atoms with Crippen molar-refractivity contribution in [1.82, 2.24) is 23.8 Å². The highest BCUT2D eigenvalue weighted by molar-refractivity contribution is 7.90. The van der Waals surface area contributed by atoms with Gasteiger partial charge in [0.05, 0.1) is 21.7 Å². The first kappa shape index (κ1) is 22.4. The molecule has 2 aromatic carbocycles. The van der Waals surface area contributed by atoms with Gasteiger partial charge in [-0.15, -0.1) is 0 Å². The summed E-state index contributed by atoms with van der Waals surface area (Å²) in [4.78, 5) is 27.0. The number of benzene rings is 2. The summed E-state index contributed by atoms with van der Waals surface area (Å²) < 4.78 is 28.2. The predicted molar refractivity (Wildman–Crippen MR) is 137 cm³/mol. The van der Waals surface area contributed by atoms with Crippen LogP contribution in [0.5, 0.6) is 0 Å². The molecule has 8 nitrogen and oxygen atoms in total. The smallest absolute Gasteiger partial charge is 0.268 e. The first-order valence-corrected chi connectivity index (χ1v) is 13.1. The number of hydrogen-bond donors (Lipinski definition) is 1. The van der Waals surface area contributed by atoms with Crippen molar-refractivity contribution in [2.24, 2.45) is 0 Å². The van der Waals surface area contributed by atoms with Gasteiger partial charge in [0.2, 0.25) is 0 Å². The Hall–Kier alpha value is -4.08. The number of aromatic nitrogens is 4. The van der Waals surface area contributed by atoms with Crippen LogP contribution in [0.3, 0.4) is 0 Å². The van der Waals surface area contributed by atoms with E-state index in [9.17, 15) is 13.2 Å². The van der Waals surface area contributed by atoms with Crippen LogP contribution in [0.1, 0.15) is 16.8 Å². The zero-order valence-corrected chi connectivity index (χ0v) is 20.1. The average molecular weight is 498 g/mol. The lowest BCUT2D eigenvalue weighted by atomic mass is 10.1. The fourth-order valence-electron chi connectivity index (χ4n) is 4.75. The molecule has 180 valence electrons. The van der Waals surface area contributed by atoms with Crippen LogP contribution in [-0.4, -0.2) is 38.8 Å². The van der Waals surface area contributed by atoms with E-state index in [4.69, 9.17) is 4.98 Å². The minimum absolute atomic E-state index is 0.148. The van der Waals surface area contributed by atoms with E-state index in [1.807, 2.05) is 36.4 Å². The molecule has 9 heteroatoms. The van der Waals surface area contributed by atoms with Crippen molar-refractivity contribution in [3.63, 3.8) is 0 Å². The van der Waals surface area contributed by atoms with E-state index in [1.54, 1.807) is 48.9 Å². The Morgan fingerprint density at radius 3 is 2.50 bits per heavy atom. The highest BCUT2D eigenvalue weighted by atomic mass is 32.2. The third-order valence-corrected chi connectivity index (χ3v) is 8.24. The minimum atomic E-state index is -3.74. The molecular formula is C27H23N5O3S. The molecule has 0 aliphatic carbocycles. The maximum Gasteiger partial charge on any atom is 0.268 e. The van der Waals surface area contributed by atoms with Crippen molar-refractivity contribution < 1.29 is 8.42 Å². The molecule has 0 spiro atoms. The zero-order valence-electron chi connectivity index (χ0n) is 19.3. The standard InChI is InChI=1S/C27H23N5O3S/c33-27-23-18-31(15-12-24(23)29-26(30-27)19-10-13-28-14-11-19)16-20-17-32(25-9-5-4-8-22(20)25)36(34,35)21-6-2-1-3-7-21/h1-11,13-14,17H,12,15-16,18H2,(H,29,30,33). The largest absolute Gasteiger partial charge is 0.306 e. The second kappa shape index (κ2) is 8.85. The van der Waals surface area contributed by atoms with Crippen molar-refractivity contribution in [3.05, 3.63) is 112 Å². The summed E-state index contributed by atoms with van der Waals surface area (Å²) in [5.41, 5.74) is 3.66. The summed E-state index contributed by atoms with van der Waals surface area (Å²) in [5.74, 6) is 0.545. The second-order valence-corrected chi connectivity index (χ2v) is 10.6. The normalized spacial score (nSPS) is 14.1. The Morgan fingerprint density at radius 2 is 1.69 bits per heavy atom. The van der Waals surface area contributed by atoms with Crippen molar-refractivity contribution in [1.29, 1.82) is 0 Å². The first-order valence-electron chi connectivity index (χ1n) is 11.6. The van der Waals surface area contributed by atoms with E-state index >= 15 is 0 Å². The van der Waals surface area contributed by atoms with Gasteiger partial charge in [0, 0.05) is 55.6 Å². The minimum Gasteiger partial charge on any atom is -0.306 e. The van der Waals surface area contributed by atoms with Crippen LogP contribution in [0.15, 0.2) is 95.0 Å². The van der Waals surface area contributed by atoms with E-state index in [2.05, 4.69) is 14.9 Å². The number of H-pyrrole nitrogens is 1. The van der Waals surface area contributed by atoms with Crippen molar-refractivity contribution in [3.8, 4) is 11.4 Å². The molecule has 0 fully saturated rings. The Morgan fingerprint density at radius 1 is 0.944 bits per heavy atom. The fourth-order valence-corrected chi connectivity index (χ4v) is 6.16. The third-order valence-electron chi connectivity index (χ3n) is 6.56. The maximum atomic E-state index is 13.4. The molecule has 1 N–H and O–H groups in total. The summed E-state index contributed by atoms with van der Waals surface area (Å²) >= 11 is 0.